The van der Waals surface area contributed by atoms with E-state index in [0.717, 1.165) is 45.2 Å². The van der Waals surface area contributed by atoms with Gasteiger partial charge in [-0.25, -0.2) is 9.59 Å². The van der Waals surface area contributed by atoms with Gasteiger partial charge in [-0.1, -0.05) is 19.3 Å². The molecule has 2 aliphatic rings. The van der Waals surface area contributed by atoms with Crippen LogP contribution in [0.3, 0.4) is 0 Å². The highest BCUT2D eigenvalue weighted by Crippen LogP contribution is 2.28. The molecule has 1 heterocycles. The first-order chi connectivity index (χ1) is 10.0. The topological polar surface area (TPSA) is 81.7 Å². The summed E-state index contributed by atoms with van der Waals surface area (Å²) < 4.78 is 0. The highest BCUT2D eigenvalue weighted by Gasteiger charge is 2.41. The van der Waals surface area contributed by atoms with Crippen LogP contribution in [-0.4, -0.2) is 54.2 Å². The summed E-state index contributed by atoms with van der Waals surface area (Å²) in [7, 11) is 2.09. The summed E-state index contributed by atoms with van der Waals surface area (Å²) in [6.07, 6.45) is 6.11. The van der Waals surface area contributed by atoms with Crippen molar-refractivity contribution < 1.29 is 14.7 Å². The lowest BCUT2D eigenvalue weighted by Crippen LogP contribution is -2.58. The van der Waals surface area contributed by atoms with Gasteiger partial charge in [-0.05, 0) is 45.2 Å². The number of urea groups is 1. The maximum absolute atomic E-state index is 12.0. The standard InChI is InChI=1S/C15H27N3O3/c1-18-9-5-6-12(11-18)10-16-14(21)17-15(13(19)20)7-3-2-4-8-15/h12H,2-11H2,1H3,(H,19,20)(H2,16,17,21). The van der Waals surface area contributed by atoms with Gasteiger partial charge in [-0.3, -0.25) is 0 Å². The number of hydrogen-bond donors (Lipinski definition) is 3. The van der Waals surface area contributed by atoms with Crippen molar-refractivity contribution >= 4 is 12.0 Å². The maximum Gasteiger partial charge on any atom is 0.329 e. The number of likely N-dealkylation sites (tertiary alicyclic amines) is 1. The minimum atomic E-state index is -1.06. The minimum absolute atomic E-state index is 0.340. The van der Waals surface area contributed by atoms with E-state index in [1.807, 2.05) is 0 Å². The summed E-state index contributed by atoms with van der Waals surface area (Å²) in [4.78, 5) is 25.8. The Morgan fingerprint density at radius 1 is 1.24 bits per heavy atom. The van der Waals surface area contributed by atoms with Crippen LogP contribution >= 0.6 is 0 Å². The summed E-state index contributed by atoms with van der Waals surface area (Å²) in [5.74, 6) is -0.448. The minimum Gasteiger partial charge on any atom is -0.480 e. The summed E-state index contributed by atoms with van der Waals surface area (Å²) in [5.41, 5.74) is -1.06. The van der Waals surface area contributed by atoms with Gasteiger partial charge in [0.2, 0.25) is 0 Å². The molecular formula is C15H27N3O3. The molecule has 6 heteroatoms. The van der Waals surface area contributed by atoms with Crippen molar-refractivity contribution in [2.24, 2.45) is 5.92 Å². The van der Waals surface area contributed by atoms with Gasteiger partial charge in [-0.2, -0.15) is 0 Å². The third-order valence-electron chi connectivity index (χ3n) is 4.74. The number of carboxylic acid groups (broad SMARTS) is 1. The van der Waals surface area contributed by atoms with Crippen molar-refractivity contribution in [3.05, 3.63) is 0 Å². The van der Waals surface area contributed by atoms with Gasteiger partial charge < -0.3 is 20.6 Å². The SMILES string of the molecule is CN1CCCC(CNC(=O)NC2(C(=O)O)CCCCC2)C1. The molecular weight excluding hydrogens is 270 g/mol. The number of hydrogen-bond acceptors (Lipinski definition) is 3. The van der Waals surface area contributed by atoms with Crippen LogP contribution in [0, 0.1) is 5.92 Å². The lowest BCUT2D eigenvalue weighted by Gasteiger charge is -2.34. The zero-order valence-electron chi connectivity index (χ0n) is 12.9. The molecule has 2 amide bonds. The highest BCUT2D eigenvalue weighted by molar-refractivity contribution is 5.86. The predicted molar refractivity (Wildman–Crippen MR) is 80.2 cm³/mol. The summed E-state index contributed by atoms with van der Waals surface area (Å²) in [6, 6.07) is -0.340. The van der Waals surface area contributed by atoms with E-state index in [1.54, 1.807) is 0 Å². The molecule has 2 rings (SSSR count). The van der Waals surface area contributed by atoms with E-state index < -0.39 is 11.5 Å². The number of piperidine rings is 1. The van der Waals surface area contributed by atoms with Gasteiger partial charge in [0.1, 0.15) is 5.54 Å². The van der Waals surface area contributed by atoms with Crippen molar-refractivity contribution in [3.8, 4) is 0 Å². The second-order valence-corrected chi connectivity index (χ2v) is 6.55. The van der Waals surface area contributed by atoms with Crippen LogP contribution in [0.25, 0.3) is 0 Å². The molecule has 0 spiro atoms. The van der Waals surface area contributed by atoms with Crippen LogP contribution in [0.2, 0.25) is 0 Å². The quantitative estimate of drug-likeness (QED) is 0.733. The Kier molecular flexibility index (Phi) is 5.45. The molecule has 0 bridgehead atoms. The first kappa shape index (κ1) is 16.1. The zero-order chi connectivity index (χ0) is 15.3. The van der Waals surface area contributed by atoms with Crippen molar-refractivity contribution in [2.75, 3.05) is 26.7 Å². The molecule has 120 valence electrons. The van der Waals surface area contributed by atoms with Gasteiger partial charge >= 0.3 is 12.0 Å². The molecule has 1 aliphatic carbocycles. The van der Waals surface area contributed by atoms with Crippen LogP contribution in [0.4, 0.5) is 4.79 Å². The maximum atomic E-state index is 12.0. The lowest BCUT2D eigenvalue weighted by molar-refractivity contribution is -0.145. The van der Waals surface area contributed by atoms with E-state index in [0.29, 0.717) is 25.3 Å². The number of rotatable bonds is 4. The Bertz CT molecular complexity index is 380. The largest absolute Gasteiger partial charge is 0.480 e. The number of carboxylic acids is 1. The van der Waals surface area contributed by atoms with Gasteiger partial charge in [0, 0.05) is 13.1 Å². The average molecular weight is 297 g/mol. The van der Waals surface area contributed by atoms with E-state index >= 15 is 0 Å². The fraction of sp³-hybridized carbons (Fsp3) is 0.867. The normalized spacial score (nSPS) is 26.0. The molecule has 0 aromatic rings. The number of amides is 2. The molecule has 1 atom stereocenters. The van der Waals surface area contributed by atoms with Crippen LogP contribution in [0.1, 0.15) is 44.9 Å². The van der Waals surface area contributed by atoms with Gasteiger partial charge in [0.25, 0.3) is 0 Å². The van der Waals surface area contributed by atoms with Crippen molar-refractivity contribution in [1.29, 1.82) is 0 Å². The number of nitrogens with one attached hydrogen (secondary N) is 2. The molecule has 21 heavy (non-hydrogen) atoms. The second-order valence-electron chi connectivity index (χ2n) is 6.55. The molecule has 2 fully saturated rings. The van der Waals surface area contributed by atoms with E-state index in [1.165, 1.54) is 0 Å². The lowest BCUT2D eigenvalue weighted by atomic mass is 9.82. The highest BCUT2D eigenvalue weighted by atomic mass is 16.4. The van der Waals surface area contributed by atoms with Crippen LogP contribution in [-0.2, 0) is 4.79 Å². The van der Waals surface area contributed by atoms with Gasteiger partial charge in [0.05, 0.1) is 0 Å². The Balaban J connectivity index is 1.81. The predicted octanol–water partition coefficient (Wildman–Crippen LogP) is 1.41. The Hall–Kier alpha value is -1.30. The number of carbonyl (C=O) groups excluding carboxylic acids is 1. The number of aliphatic carboxylic acids is 1. The molecule has 1 aliphatic heterocycles. The number of carbonyl (C=O) groups is 2. The van der Waals surface area contributed by atoms with Crippen molar-refractivity contribution in [1.82, 2.24) is 15.5 Å². The Labute approximate surface area is 126 Å². The molecule has 1 unspecified atom stereocenters. The molecule has 0 aromatic heterocycles. The third-order valence-corrected chi connectivity index (χ3v) is 4.74. The molecule has 6 nitrogen and oxygen atoms in total. The molecule has 0 aromatic carbocycles. The smallest absolute Gasteiger partial charge is 0.329 e. The van der Waals surface area contributed by atoms with Crippen LogP contribution in [0.15, 0.2) is 0 Å². The van der Waals surface area contributed by atoms with Crippen LogP contribution < -0.4 is 10.6 Å². The van der Waals surface area contributed by atoms with Crippen molar-refractivity contribution in [3.63, 3.8) is 0 Å². The van der Waals surface area contributed by atoms with E-state index in [2.05, 4.69) is 22.6 Å². The average Bonchev–Trinajstić information content (AvgIpc) is 2.46. The Morgan fingerprint density at radius 3 is 2.57 bits per heavy atom. The molecule has 1 saturated heterocycles. The molecule has 3 N–H and O–H groups in total. The van der Waals surface area contributed by atoms with Gasteiger partial charge in [-0.15, -0.1) is 0 Å². The van der Waals surface area contributed by atoms with Gasteiger partial charge in [0.15, 0.2) is 0 Å². The fourth-order valence-corrected chi connectivity index (χ4v) is 3.49. The first-order valence-corrected chi connectivity index (χ1v) is 8.00. The second kappa shape index (κ2) is 7.11. The van der Waals surface area contributed by atoms with E-state index in [9.17, 15) is 14.7 Å². The molecule has 1 saturated carbocycles. The first-order valence-electron chi connectivity index (χ1n) is 8.00. The Morgan fingerprint density at radius 2 is 1.95 bits per heavy atom. The summed E-state index contributed by atoms with van der Waals surface area (Å²) in [5, 5.41) is 15.0. The molecule has 0 radical (unpaired) electrons. The number of nitrogens with zero attached hydrogens (tertiary/aromatic N) is 1. The summed E-state index contributed by atoms with van der Waals surface area (Å²) in [6.45, 7) is 2.72. The summed E-state index contributed by atoms with van der Waals surface area (Å²) >= 11 is 0. The zero-order valence-corrected chi connectivity index (χ0v) is 12.9. The van der Waals surface area contributed by atoms with Crippen LogP contribution in [0.5, 0.6) is 0 Å². The van der Waals surface area contributed by atoms with Crippen molar-refractivity contribution in [2.45, 2.75) is 50.5 Å². The monoisotopic (exact) mass is 297 g/mol. The third kappa shape index (κ3) is 4.33. The van der Waals surface area contributed by atoms with E-state index in [-0.39, 0.29) is 6.03 Å². The fourth-order valence-electron chi connectivity index (χ4n) is 3.49. The van der Waals surface area contributed by atoms with E-state index in [4.69, 9.17) is 0 Å².